The van der Waals surface area contributed by atoms with Gasteiger partial charge in [0, 0.05) is 0 Å². The summed E-state index contributed by atoms with van der Waals surface area (Å²) in [6.07, 6.45) is 0. The van der Waals surface area contributed by atoms with Gasteiger partial charge in [0.15, 0.2) is 0 Å². The molecule has 0 atom stereocenters. The summed E-state index contributed by atoms with van der Waals surface area (Å²) in [7, 11) is 20.1. The molecule has 0 amide bonds. The number of hydrogen-bond donors (Lipinski definition) is 0. The maximum atomic E-state index is 5.03. The summed E-state index contributed by atoms with van der Waals surface area (Å²) in [6.45, 7) is 0. The Kier molecular flexibility index (Phi) is 3.02. The zero-order valence-corrected chi connectivity index (χ0v) is 7.63. The van der Waals surface area contributed by atoms with E-state index in [0.717, 1.165) is 0 Å². The van der Waals surface area contributed by atoms with Gasteiger partial charge in [-0.05, 0) is 0 Å². The van der Waals surface area contributed by atoms with Crippen molar-refractivity contribution in [1.82, 2.24) is 0 Å². The van der Waals surface area contributed by atoms with Crippen molar-refractivity contribution in [3.8, 4) is 0 Å². The van der Waals surface area contributed by atoms with Crippen LogP contribution in [0.2, 0.25) is 0 Å². The summed E-state index contributed by atoms with van der Waals surface area (Å²) < 4.78 is 0. The van der Waals surface area contributed by atoms with Gasteiger partial charge in [-0.25, -0.2) is 0 Å². The van der Waals surface area contributed by atoms with E-state index in [1.165, 1.54) is 0 Å². The SMILES string of the molecule is [Cl][Re]([Cl])([Cl])[Cl]. The summed E-state index contributed by atoms with van der Waals surface area (Å²) in [5, 5.41) is 0. The zero-order valence-electron chi connectivity index (χ0n) is 1.89. The molecule has 0 nitrogen and oxygen atoms in total. The third kappa shape index (κ3) is 25.6. The van der Waals surface area contributed by atoms with Crippen molar-refractivity contribution in [3.63, 3.8) is 0 Å². The first kappa shape index (κ1) is 6.82. The van der Waals surface area contributed by atoms with E-state index in [1.54, 1.807) is 0 Å². The van der Waals surface area contributed by atoms with Gasteiger partial charge in [0.25, 0.3) is 0 Å². The van der Waals surface area contributed by atoms with E-state index >= 15 is 0 Å². The Balaban J connectivity index is 3.02. The van der Waals surface area contributed by atoms with E-state index in [0.29, 0.717) is 0 Å². The fourth-order valence-corrected chi connectivity index (χ4v) is 0. The Morgan fingerprint density at radius 3 is 0.800 bits per heavy atom. The predicted octanol–water partition coefficient (Wildman–Crippen LogP) is 2.76. The van der Waals surface area contributed by atoms with Gasteiger partial charge in [-0.3, -0.25) is 0 Å². The maximum absolute atomic E-state index is 5.03. The van der Waals surface area contributed by atoms with Gasteiger partial charge in [0.2, 0.25) is 0 Å². The van der Waals surface area contributed by atoms with E-state index in [9.17, 15) is 0 Å². The molecule has 0 aromatic rings. The van der Waals surface area contributed by atoms with E-state index in [2.05, 4.69) is 0 Å². The average Bonchev–Trinajstić information content (AvgIpc) is 0.722. The van der Waals surface area contributed by atoms with Gasteiger partial charge in [-0.1, -0.05) is 0 Å². The molecule has 0 bridgehead atoms. The number of hydrogen-bond acceptors (Lipinski definition) is 0. The molecule has 0 aliphatic carbocycles. The van der Waals surface area contributed by atoms with Crippen LogP contribution in [0.5, 0.6) is 0 Å². The van der Waals surface area contributed by atoms with Crippen LogP contribution >= 0.6 is 38.1 Å². The van der Waals surface area contributed by atoms with Crippen molar-refractivity contribution >= 4 is 38.1 Å². The first-order valence-electron chi connectivity index (χ1n) is 0.571. The molecule has 0 fully saturated rings. The molecule has 0 spiro atoms. The summed E-state index contributed by atoms with van der Waals surface area (Å²) in [5.74, 6) is 0. The van der Waals surface area contributed by atoms with Crippen LogP contribution in [0.1, 0.15) is 0 Å². The molecule has 0 saturated carbocycles. The Bertz CT molecular complexity index is 19.1. The van der Waals surface area contributed by atoms with Crippen LogP contribution in [0.25, 0.3) is 0 Å². The first-order valence-corrected chi connectivity index (χ1v) is 14.0. The zero-order chi connectivity index (χ0) is 4.50. The average molecular weight is 328 g/mol. The van der Waals surface area contributed by atoms with Gasteiger partial charge >= 0.3 is 49.6 Å². The molecule has 0 saturated heterocycles. The van der Waals surface area contributed by atoms with Crippen LogP contribution in [0.4, 0.5) is 0 Å². The van der Waals surface area contributed by atoms with Crippen LogP contribution in [0.3, 0.4) is 0 Å². The molecule has 0 heterocycles. The van der Waals surface area contributed by atoms with Crippen molar-refractivity contribution in [2.45, 2.75) is 0 Å². The van der Waals surface area contributed by atoms with Crippen LogP contribution in [0, 0.1) is 0 Å². The molecule has 0 unspecified atom stereocenters. The quantitative estimate of drug-likeness (QED) is 0.642. The minimum absolute atomic E-state index is 3.22. The molecule has 0 aliphatic rings. The molecular weight excluding hydrogens is 328 g/mol. The Hall–Kier alpha value is 1.82. The Labute approximate surface area is 49.3 Å². The van der Waals surface area contributed by atoms with Gasteiger partial charge < -0.3 is 0 Å². The van der Waals surface area contributed by atoms with Crippen molar-refractivity contribution < 1.29 is 11.5 Å². The molecule has 0 radical (unpaired) electrons. The van der Waals surface area contributed by atoms with Crippen molar-refractivity contribution in [1.29, 1.82) is 0 Å². The van der Waals surface area contributed by atoms with Crippen LogP contribution in [-0.4, -0.2) is 0 Å². The third-order valence-electron chi connectivity index (χ3n) is 0. The van der Waals surface area contributed by atoms with Gasteiger partial charge in [0.1, 0.15) is 0 Å². The number of halogens is 4. The molecule has 0 N–H and O–H groups in total. The molecule has 0 aliphatic heterocycles. The van der Waals surface area contributed by atoms with Crippen molar-refractivity contribution in [3.05, 3.63) is 0 Å². The van der Waals surface area contributed by atoms with Crippen LogP contribution in [-0.2, 0) is 11.5 Å². The van der Waals surface area contributed by atoms with E-state index in [1.807, 2.05) is 0 Å². The third-order valence-corrected chi connectivity index (χ3v) is 0. The van der Waals surface area contributed by atoms with Crippen LogP contribution in [0.15, 0.2) is 0 Å². The van der Waals surface area contributed by atoms with Gasteiger partial charge in [0.05, 0.1) is 0 Å². The first-order chi connectivity index (χ1) is 2.00. The fraction of sp³-hybridized carbons (Fsp3) is 0. The Morgan fingerprint density at radius 2 is 0.800 bits per heavy atom. The summed E-state index contributed by atoms with van der Waals surface area (Å²) >= 11 is -3.22. The molecule has 35 valence electrons. The van der Waals surface area contributed by atoms with E-state index < -0.39 is 11.5 Å². The Morgan fingerprint density at radius 1 is 0.800 bits per heavy atom. The van der Waals surface area contributed by atoms with Crippen molar-refractivity contribution in [2.24, 2.45) is 0 Å². The molecule has 5 heteroatoms. The van der Waals surface area contributed by atoms with Crippen LogP contribution < -0.4 is 0 Å². The summed E-state index contributed by atoms with van der Waals surface area (Å²) in [4.78, 5) is 0. The van der Waals surface area contributed by atoms with E-state index in [-0.39, 0.29) is 0 Å². The molecule has 0 aromatic heterocycles. The van der Waals surface area contributed by atoms with Gasteiger partial charge in [-0.15, -0.1) is 0 Å². The minimum atomic E-state index is -3.22. The molecular formula is Cl4Re. The predicted molar refractivity (Wildman–Crippen MR) is 23.4 cm³/mol. The van der Waals surface area contributed by atoms with Crippen molar-refractivity contribution in [2.75, 3.05) is 0 Å². The second-order valence-electron chi connectivity index (χ2n) is 0.324. The normalized spacial score (nSPS) is 15.2. The second-order valence-corrected chi connectivity index (χ2v) is 23.9. The summed E-state index contributed by atoms with van der Waals surface area (Å²) in [5.41, 5.74) is 0. The standard InChI is InChI=1S/4ClH.Re/h4*1H;/q;;;;+4/p-4. The molecule has 0 rings (SSSR count). The van der Waals surface area contributed by atoms with E-state index in [4.69, 9.17) is 38.1 Å². The molecule has 0 aromatic carbocycles. The monoisotopic (exact) mass is 327 g/mol. The second kappa shape index (κ2) is 2.21. The summed E-state index contributed by atoms with van der Waals surface area (Å²) in [6, 6.07) is 0. The molecule has 5 heavy (non-hydrogen) atoms. The number of rotatable bonds is 0. The van der Waals surface area contributed by atoms with Gasteiger partial charge in [-0.2, -0.15) is 0 Å². The topological polar surface area (TPSA) is 0 Å². The fourth-order valence-electron chi connectivity index (χ4n) is 0.